The van der Waals surface area contributed by atoms with Crippen LogP contribution >= 0.6 is 11.6 Å². The number of hydrogen-bond donors (Lipinski definition) is 1. The highest BCUT2D eigenvalue weighted by atomic mass is 35.5. The van der Waals surface area contributed by atoms with Crippen molar-refractivity contribution in [3.63, 3.8) is 0 Å². The van der Waals surface area contributed by atoms with Crippen molar-refractivity contribution in [3.8, 4) is 5.75 Å². The summed E-state index contributed by atoms with van der Waals surface area (Å²) in [5, 5.41) is 3.06. The molecule has 0 saturated heterocycles. The summed E-state index contributed by atoms with van der Waals surface area (Å²) in [6.45, 7) is -0.105. The third-order valence-corrected chi connectivity index (χ3v) is 5.04. The van der Waals surface area contributed by atoms with Crippen molar-refractivity contribution in [2.75, 3.05) is 22.4 Å². The number of nitrogens with one attached hydrogen (secondary N) is 1. The fourth-order valence-electron chi connectivity index (χ4n) is 2.43. The summed E-state index contributed by atoms with van der Waals surface area (Å²) in [4.78, 5) is 12.5. The van der Waals surface area contributed by atoms with E-state index in [4.69, 9.17) is 16.3 Å². The Balaban J connectivity index is 1.88. The molecule has 0 aliphatic carbocycles. The first-order valence-corrected chi connectivity index (χ1v) is 9.37. The van der Waals surface area contributed by atoms with Gasteiger partial charge in [-0.05, 0) is 24.3 Å². The van der Waals surface area contributed by atoms with Gasteiger partial charge in [0.05, 0.1) is 29.2 Å². The van der Waals surface area contributed by atoms with Gasteiger partial charge in [-0.1, -0.05) is 35.9 Å². The minimum Gasteiger partial charge on any atom is -0.476 e. The molecule has 0 bridgehead atoms. The number of para-hydroxylation sites is 3. The molecule has 1 N–H and O–H groups in total. The van der Waals surface area contributed by atoms with E-state index >= 15 is 0 Å². The Morgan fingerprint density at radius 3 is 2.58 bits per heavy atom. The lowest BCUT2D eigenvalue weighted by Gasteiger charge is -2.33. The lowest BCUT2D eigenvalue weighted by molar-refractivity contribution is -0.122. The second-order valence-corrected chi connectivity index (χ2v) is 7.65. The number of ether oxygens (including phenoxy) is 1. The van der Waals surface area contributed by atoms with E-state index in [1.807, 2.05) is 0 Å². The highest BCUT2D eigenvalue weighted by Gasteiger charge is 2.34. The molecule has 1 amide bonds. The fraction of sp³-hybridized carbons (Fsp3) is 0.188. The Hall–Kier alpha value is -2.25. The van der Waals surface area contributed by atoms with Gasteiger partial charge in [-0.3, -0.25) is 9.10 Å². The number of benzene rings is 2. The predicted molar refractivity (Wildman–Crippen MR) is 93.1 cm³/mol. The first kappa shape index (κ1) is 16.6. The fourth-order valence-corrected chi connectivity index (χ4v) is 3.53. The summed E-state index contributed by atoms with van der Waals surface area (Å²) in [5.41, 5.74) is 0.860. The van der Waals surface area contributed by atoms with Crippen LogP contribution in [0.15, 0.2) is 48.5 Å². The van der Waals surface area contributed by atoms with Crippen molar-refractivity contribution >= 4 is 38.9 Å². The van der Waals surface area contributed by atoms with Gasteiger partial charge in [-0.15, -0.1) is 0 Å². The minimum absolute atomic E-state index is 0.105. The van der Waals surface area contributed by atoms with E-state index in [0.717, 1.165) is 6.26 Å². The number of sulfonamides is 1. The van der Waals surface area contributed by atoms with Crippen molar-refractivity contribution in [2.24, 2.45) is 0 Å². The van der Waals surface area contributed by atoms with Gasteiger partial charge in [0, 0.05) is 0 Å². The van der Waals surface area contributed by atoms with Crippen molar-refractivity contribution in [2.45, 2.75) is 6.10 Å². The summed E-state index contributed by atoms with van der Waals surface area (Å²) >= 11 is 6.03. The number of halogens is 1. The van der Waals surface area contributed by atoms with Crippen LogP contribution in [-0.2, 0) is 14.8 Å². The molecule has 1 atom stereocenters. The van der Waals surface area contributed by atoms with Crippen LogP contribution in [0.1, 0.15) is 0 Å². The molecule has 2 aromatic rings. The maximum absolute atomic E-state index is 12.5. The molecule has 8 heteroatoms. The molecule has 126 valence electrons. The molecule has 24 heavy (non-hydrogen) atoms. The minimum atomic E-state index is -3.54. The topological polar surface area (TPSA) is 75.7 Å². The molecule has 1 unspecified atom stereocenters. The molecular formula is C16H15ClN2O4S. The lowest BCUT2D eigenvalue weighted by Crippen LogP contribution is -2.48. The Bertz CT molecular complexity index is 885. The maximum atomic E-state index is 12.5. The van der Waals surface area contributed by atoms with E-state index in [0.29, 0.717) is 22.1 Å². The summed E-state index contributed by atoms with van der Waals surface area (Å²) < 4.78 is 30.9. The van der Waals surface area contributed by atoms with Crippen molar-refractivity contribution in [1.29, 1.82) is 0 Å². The third kappa shape index (κ3) is 3.32. The Labute approximate surface area is 145 Å². The van der Waals surface area contributed by atoms with Gasteiger partial charge in [-0.25, -0.2) is 8.42 Å². The van der Waals surface area contributed by atoms with Gasteiger partial charge in [-0.2, -0.15) is 0 Å². The predicted octanol–water partition coefficient (Wildman–Crippen LogP) is 2.51. The maximum Gasteiger partial charge on any atom is 0.267 e. The second kappa shape index (κ2) is 6.33. The monoisotopic (exact) mass is 366 g/mol. The van der Waals surface area contributed by atoms with Crippen LogP contribution in [0.3, 0.4) is 0 Å². The van der Waals surface area contributed by atoms with Crippen LogP contribution < -0.4 is 14.4 Å². The Kier molecular flexibility index (Phi) is 4.38. The van der Waals surface area contributed by atoms with E-state index in [2.05, 4.69) is 5.32 Å². The van der Waals surface area contributed by atoms with E-state index in [1.54, 1.807) is 48.5 Å². The van der Waals surface area contributed by atoms with E-state index in [-0.39, 0.29) is 6.54 Å². The zero-order valence-electron chi connectivity index (χ0n) is 12.8. The first-order chi connectivity index (χ1) is 11.4. The van der Waals surface area contributed by atoms with Crippen molar-refractivity contribution < 1.29 is 17.9 Å². The highest BCUT2D eigenvalue weighted by Crippen LogP contribution is 2.35. The molecule has 1 aliphatic rings. The van der Waals surface area contributed by atoms with E-state index in [1.165, 1.54) is 4.31 Å². The molecule has 2 aromatic carbocycles. The van der Waals surface area contributed by atoms with Gasteiger partial charge in [0.1, 0.15) is 5.75 Å². The van der Waals surface area contributed by atoms with E-state index in [9.17, 15) is 13.2 Å². The smallest absolute Gasteiger partial charge is 0.267 e. The standard InChI is InChI=1S/C16H15ClN2O4S/c1-24(21,22)19-10-15(23-14-9-5-4-8-13(14)19)16(20)18-12-7-3-2-6-11(12)17/h2-9,15H,10H2,1H3,(H,18,20). The number of rotatable bonds is 3. The van der Waals surface area contributed by atoms with E-state index < -0.39 is 22.0 Å². The van der Waals surface area contributed by atoms with Gasteiger partial charge in [0.2, 0.25) is 10.0 Å². The first-order valence-electron chi connectivity index (χ1n) is 7.15. The largest absolute Gasteiger partial charge is 0.476 e. The van der Waals surface area contributed by atoms with Crippen LogP contribution in [0.2, 0.25) is 5.02 Å². The Morgan fingerprint density at radius 2 is 1.88 bits per heavy atom. The number of nitrogens with zero attached hydrogens (tertiary/aromatic N) is 1. The van der Waals surface area contributed by atoms with Crippen LogP contribution in [0, 0.1) is 0 Å². The summed E-state index contributed by atoms with van der Waals surface area (Å²) in [7, 11) is -3.54. The number of carbonyl (C=O) groups is 1. The normalized spacial score (nSPS) is 16.9. The second-order valence-electron chi connectivity index (χ2n) is 5.34. The summed E-state index contributed by atoms with van der Waals surface area (Å²) in [6, 6.07) is 13.5. The number of amides is 1. The van der Waals surface area contributed by atoms with Crippen molar-refractivity contribution in [3.05, 3.63) is 53.6 Å². The molecule has 3 rings (SSSR count). The Morgan fingerprint density at radius 1 is 1.21 bits per heavy atom. The van der Waals surface area contributed by atoms with Gasteiger partial charge >= 0.3 is 0 Å². The summed E-state index contributed by atoms with van der Waals surface area (Å²) in [6.07, 6.45) is 0.115. The van der Waals surface area contributed by atoms with Gasteiger partial charge in [0.15, 0.2) is 6.10 Å². The SMILES string of the molecule is CS(=O)(=O)N1CC(C(=O)Nc2ccccc2Cl)Oc2ccccc21. The lowest BCUT2D eigenvalue weighted by atomic mass is 10.2. The molecule has 0 saturated carbocycles. The molecule has 0 radical (unpaired) electrons. The molecule has 1 aliphatic heterocycles. The average molecular weight is 367 g/mol. The number of hydrogen-bond acceptors (Lipinski definition) is 4. The molecule has 6 nitrogen and oxygen atoms in total. The van der Waals surface area contributed by atoms with Crippen LogP contribution in [0.25, 0.3) is 0 Å². The average Bonchev–Trinajstić information content (AvgIpc) is 2.55. The number of fused-ring (bicyclic) bond motifs is 1. The van der Waals surface area contributed by atoms with Crippen LogP contribution in [-0.4, -0.2) is 33.2 Å². The zero-order valence-corrected chi connectivity index (χ0v) is 14.3. The summed E-state index contributed by atoms with van der Waals surface area (Å²) in [5.74, 6) is -0.125. The quantitative estimate of drug-likeness (QED) is 0.905. The van der Waals surface area contributed by atoms with Gasteiger partial charge < -0.3 is 10.1 Å². The molecule has 0 spiro atoms. The third-order valence-electron chi connectivity index (χ3n) is 3.56. The van der Waals surface area contributed by atoms with Crippen molar-refractivity contribution in [1.82, 2.24) is 0 Å². The number of anilines is 2. The molecule has 0 aromatic heterocycles. The van der Waals surface area contributed by atoms with Gasteiger partial charge in [0.25, 0.3) is 5.91 Å². The van der Waals surface area contributed by atoms with Crippen LogP contribution in [0.5, 0.6) is 5.75 Å². The van der Waals surface area contributed by atoms with Crippen LogP contribution in [0.4, 0.5) is 11.4 Å². The highest BCUT2D eigenvalue weighted by molar-refractivity contribution is 7.92. The molecule has 0 fully saturated rings. The molecular weight excluding hydrogens is 352 g/mol. The molecule has 1 heterocycles. The number of carbonyl (C=O) groups excluding carboxylic acids is 1. The zero-order chi connectivity index (χ0) is 17.3.